The zero-order valence-corrected chi connectivity index (χ0v) is 9.80. The van der Waals surface area contributed by atoms with Crippen LogP contribution >= 0.6 is 0 Å². The van der Waals surface area contributed by atoms with E-state index in [2.05, 4.69) is 5.32 Å². The van der Waals surface area contributed by atoms with Gasteiger partial charge in [0.2, 0.25) is 0 Å². The van der Waals surface area contributed by atoms with E-state index in [9.17, 15) is 13.2 Å². The molecule has 1 atom stereocenters. The van der Waals surface area contributed by atoms with Gasteiger partial charge in [0.1, 0.15) is 5.54 Å². The summed E-state index contributed by atoms with van der Waals surface area (Å²) < 4.78 is 22.6. The predicted molar refractivity (Wildman–Crippen MR) is 56.5 cm³/mol. The number of carboxylic acids is 1. The van der Waals surface area contributed by atoms with Crippen molar-refractivity contribution in [3.8, 4) is 0 Å². The summed E-state index contributed by atoms with van der Waals surface area (Å²) in [5.74, 6) is -1.10. The number of sulfone groups is 1. The normalized spacial score (nSPS) is 29.5. The van der Waals surface area contributed by atoms with Gasteiger partial charge in [0, 0.05) is 0 Å². The first-order chi connectivity index (χ1) is 6.77. The van der Waals surface area contributed by atoms with Gasteiger partial charge in [0.05, 0.1) is 11.5 Å². The summed E-state index contributed by atoms with van der Waals surface area (Å²) in [5.41, 5.74) is -1.26. The van der Waals surface area contributed by atoms with Crippen LogP contribution in [0.3, 0.4) is 0 Å². The average Bonchev–Trinajstić information content (AvgIpc) is 2.40. The van der Waals surface area contributed by atoms with E-state index in [1.165, 1.54) is 0 Å². The number of hydrogen-bond donors (Lipinski definition) is 2. The first kappa shape index (κ1) is 12.4. The molecule has 15 heavy (non-hydrogen) atoms. The Hall–Kier alpha value is -0.620. The maximum atomic E-state index is 11.3. The van der Waals surface area contributed by atoms with E-state index >= 15 is 0 Å². The molecule has 0 saturated carbocycles. The molecule has 1 unspecified atom stereocenters. The highest BCUT2D eigenvalue weighted by Crippen LogP contribution is 2.24. The summed E-state index contributed by atoms with van der Waals surface area (Å²) in [5, 5.41) is 12.0. The van der Waals surface area contributed by atoms with Crippen molar-refractivity contribution in [1.29, 1.82) is 0 Å². The maximum Gasteiger partial charge on any atom is 0.324 e. The van der Waals surface area contributed by atoms with Gasteiger partial charge in [0.25, 0.3) is 0 Å². The molecule has 1 fully saturated rings. The van der Waals surface area contributed by atoms with E-state index in [1.807, 2.05) is 13.8 Å². The molecular formula is C9H17NO4S. The maximum absolute atomic E-state index is 11.3. The highest BCUT2D eigenvalue weighted by atomic mass is 32.2. The topological polar surface area (TPSA) is 83.5 Å². The molecule has 1 aliphatic rings. The molecular weight excluding hydrogens is 218 g/mol. The van der Waals surface area contributed by atoms with Gasteiger partial charge in [-0.25, -0.2) is 8.42 Å². The van der Waals surface area contributed by atoms with Gasteiger partial charge in [0.15, 0.2) is 9.84 Å². The highest BCUT2D eigenvalue weighted by molar-refractivity contribution is 7.91. The summed E-state index contributed by atoms with van der Waals surface area (Å²) in [6.45, 7) is 4.42. The summed E-state index contributed by atoms with van der Waals surface area (Å²) in [6, 6.07) is 0. The van der Waals surface area contributed by atoms with E-state index in [1.54, 1.807) is 0 Å². The lowest BCUT2D eigenvalue weighted by atomic mass is 9.98. The third kappa shape index (κ3) is 2.92. The number of nitrogens with one attached hydrogen (secondary N) is 1. The molecule has 0 amide bonds. The Morgan fingerprint density at radius 1 is 1.53 bits per heavy atom. The van der Waals surface area contributed by atoms with Crippen molar-refractivity contribution in [1.82, 2.24) is 5.32 Å². The van der Waals surface area contributed by atoms with Gasteiger partial charge < -0.3 is 10.4 Å². The fraction of sp³-hybridized carbons (Fsp3) is 0.889. The van der Waals surface area contributed by atoms with Crippen LogP contribution in [-0.2, 0) is 14.6 Å². The van der Waals surface area contributed by atoms with Gasteiger partial charge in [-0.15, -0.1) is 0 Å². The van der Waals surface area contributed by atoms with Crippen LogP contribution < -0.4 is 5.32 Å². The summed E-state index contributed by atoms with van der Waals surface area (Å²) in [6.07, 6.45) is 0.164. The highest BCUT2D eigenvalue weighted by Gasteiger charge is 2.48. The Morgan fingerprint density at radius 2 is 2.13 bits per heavy atom. The van der Waals surface area contributed by atoms with Crippen molar-refractivity contribution < 1.29 is 18.3 Å². The fourth-order valence-corrected chi connectivity index (χ4v) is 3.56. The van der Waals surface area contributed by atoms with Crippen molar-refractivity contribution in [2.45, 2.75) is 25.8 Å². The molecule has 0 radical (unpaired) electrons. The van der Waals surface area contributed by atoms with Crippen molar-refractivity contribution >= 4 is 15.8 Å². The van der Waals surface area contributed by atoms with Crippen LogP contribution in [0.4, 0.5) is 0 Å². The lowest BCUT2D eigenvalue weighted by molar-refractivity contribution is -0.143. The number of carboxylic acid groups (broad SMARTS) is 1. The second-order valence-electron chi connectivity index (χ2n) is 4.50. The van der Waals surface area contributed by atoms with E-state index in [-0.39, 0.29) is 17.9 Å². The number of hydrogen-bond acceptors (Lipinski definition) is 4. The molecule has 0 aliphatic carbocycles. The third-order valence-electron chi connectivity index (χ3n) is 2.56. The van der Waals surface area contributed by atoms with Crippen LogP contribution in [0.15, 0.2) is 0 Å². The van der Waals surface area contributed by atoms with Gasteiger partial charge in [-0.1, -0.05) is 13.8 Å². The first-order valence-corrected chi connectivity index (χ1v) is 6.78. The van der Waals surface area contributed by atoms with Crippen molar-refractivity contribution in [3.05, 3.63) is 0 Å². The number of carbonyl (C=O) groups is 1. The minimum Gasteiger partial charge on any atom is -0.480 e. The Kier molecular flexibility index (Phi) is 3.40. The van der Waals surface area contributed by atoms with E-state index < -0.39 is 21.3 Å². The molecule has 0 spiro atoms. The summed E-state index contributed by atoms with van der Waals surface area (Å²) in [4.78, 5) is 11.1. The van der Waals surface area contributed by atoms with Crippen molar-refractivity contribution in [3.63, 3.8) is 0 Å². The summed E-state index contributed by atoms with van der Waals surface area (Å²) in [7, 11) is -3.19. The van der Waals surface area contributed by atoms with Crippen molar-refractivity contribution in [2.75, 3.05) is 18.1 Å². The lowest BCUT2D eigenvalue weighted by Crippen LogP contribution is -2.54. The van der Waals surface area contributed by atoms with Crippen LogP contribution in [-0.4, -0.2) is 43.1 Å². The minimum atomic E-state index is -3.19. The van der Waals surface area contributed by atoms with E-state index in [0.717, 1.165) is 0 Å². The SMILES string of the molecule is CC(C)CNC1(C(=O)O)CCS(=O)(=O)C1. The first-order valence-electron chi connectivity index (χ1n) is 4.96. The Morgan fingerprint density at radius 3 is 2.47 bits per heavy atom. The lowest BCUT2D eigenvalue weighted by Gasteiger charge is -2.25. The molecule has 1 heterocycles. The number of rotatable bonds is 4. The molecule has 1 rings (SSSR count). The largest absolute Gasteiger partial charge is 0.480 e. The molecule has 0 bridgehead atoms. The van der Waals surface area contributed by atoms with Gasteiger partial charge in [-0.3, -0.25) is 4.79 Å². The van der Waals surface area contributed by atoms with Crippen LogP contribution in [0.25, 0.3) is 0 Å². The second-order valence-corrected chi connectivity index (χ2v) is 6.69. The molecule has 0 aromatic carbocycles. The van der Waals surface area contributed by atoms with Crippen LogP contribution in [0.1, 0.15) is 20.3 Å². The van der Waals surface area contributed by atoms with Crippen LogP contribution in [0.5, 0.6) is 0 Å². The Balaban J connectivity index is 2.78. The standard InChI is InChI=1S/C9H17NO4S/c1-7(2)5-10-9(8(11)12)3-4-15(13,14)6-9/h7,10H,3-6H2,1-2H3,(H,11,12). The predicted octanol–water partition coefficient (Wildman–Crippen LogP) is -0.126. The molecule has 88 valence electrons. The second kappa shape index (κ2) is 4.09. The molecule has 5 nitrogen and oxygen atoms in total. The quantitative estimate of drug-likeness (QED) is 0.709. The monoisotopic (exact) mass is 235 g/mol. The number of aliphatic carboxylic acids is 1. The smallest absolute Gasteiger partial charge is 0.324 e. The average molecular weight is 235 g/mol. The third-order valence-corrected chi connectivity index (χ3v) is 4.32. The zero-order valence-electron chi connectivity index (χ0n) is 8.99. The minimum absolute atomic E-state index is 0.0373. The fourth-order valence-electron chi connectivity index (χ4n) is 1.63. The van der Waals surface area contributed by atoms with Gasteiger partial charge >= 0.3 is 5.97 Å². The van der Waals surface area contributed by atoms with E-state index in [0.29, 0.717) is 12.5 Å². The molecule has 0 aromatic rings. The van der Waals surface area contributed by atoms with E-state index in [4.69, 9.17) is 5.11 Å². The summed E-state index contributed by atoms with van der Waals surface area (Å²) >= 11 is 0. The Bertz CT molecular complexity index is 349. The van der Waals surface area contributed by atoms with Crippen LogP contribution in [0, 0.1) is 5.92 Å². The molecule has 1 aliphatic heterocycles. The molecule has 1 saturated heterocycles. The van der Waals surface area contributed by atoms with Gasteiger partial charge in [-0.2, -0.15) is 0 Å². The molecule has 0 aromatic heterocycles. The zero-order chi connectivity index (χ0) is 11.7. The van der Waals surface area contributed by atoms with Gasteiger partial charge in [-0.05, 0) is 18.9 Å². The molecule has 2 N–H and O–H groups in total. The molecule has 6 heteroatoms. The Labute approximate surface area is 89.8 Å². The van der Waals surface area contributed by atoms with Crippen LogP contribution in [0.2, 0.25) is 0 Å². The van der Waals surface area contributed by atoms with Crippen molar-refractivity contribution in [2.24, 2.45) is 5.92 Å².